The SMILES string of the molecule is NC(=O)Oc1ccc(CSP2(=O)OC[C@H]3O[C@@H](n4cnc5c(N)ncnc54)[C@H](F)[C@@H]3OP(=O)(O)OC[C@H]3O[C@@H](n4ccc(=O)[nH]c4=O)[C@H](O2)[C@@H]3F)cc1. The van der Waals surface area contributed by atoms with Crippen molar-refractivity contribution in [3.63, 3.8) is 0 Å². The molecule has 0 spiro atoms. The Morgan fingerprint density at radius 1 is 0.981 bits per heavy atom. The predicted molar refractivity (Wildman–Crippen MR) is 176 cm³/mol. The monoisotopic (exact) mass is 804 g/mol. The van der Waals surface area contributed by atoms with Gasteiger partial charge in [0.2, 0.25) is 0 Å². The molecule has 10 atom stereocenters. The number of rotatable bonds is 6. The van der Waals surface area contributed by atoms with Gasteiger partial charge < -0.3 is 30.6 Å². The summed E-state index contributed by atoms with van der Waals surface area (Å²) < 4.78 is 100. The van der Waals surface area contributed by atoms with Gasteiger partial charge in [-0.2, -0.15) is 0 Å². The Bertz CT molecular complexity index is 2230. The summed E-state index contributed by atoms with van der Waals surface area (Å²) in [4.78, 5) is 60.2. The van der Waals surface area contributed by atoms with E-state index in [1.165, 1.54) is 24.3 Å². The van der Waals surface area contributed by atoms with Crippen LogP contribution in [0.5, 0.6) is 5.75 Å². The molecule has 3 aliphatic heterocycles. The van der Waals surface area contributed by atoms with Crippen molar-refractivity contribution < 1.29 is 59.9 Å². The number of amides is 1. The van der Waals surface area contributed by atoms with Crippen LogP contribution in [0, 0.1) is 0 Å². The number of hydrogen-bond acceptors (Lipinski definition) is 17. The van der Waals surface area contributed by atoms with Crippen molar-refractivity contribution in [3.8, 4) is 5.75 Å². The van der Waals surface area contributed by atoms with Crippen LogP contribution in [0.15, 0.2) is 58.8 Å². The van der Waals surface area contributed by atoms with Crippen LogP contribution in [0.1, 0.15) is 18.0 Å². The van der Waals surface area contributed by atoms with Gasteiger partial charge in [0.1, 0.15) is 42.0 Å². The van der Waals surface area contributed by atoms with E-state index in [0.29, 0.717) is 16.9 Å². The Morgan fingerprint density at radius 3 is 2.45 bits per heavy atom. The first kappa shape index (κ1) is 37.2. The van der Waals surface area contributed by atoms with Gasteiger partial charge in [0.05, 0.1) is 19.5 Å². The number of phosphoric acid groups is 1. The Balaban J connectivity index is 1.23. The number of fused-ring (bicyclic) bond motifs is 4. The minimum Gasteiger partial charge on any atom is -0.411 e. The number of primary amides is 1. The third-order valence-corrected chi connectivity index (χ3v) is 12.8. The summed E-state index contributed by atoms with van der Waals surface area (Å²) in [7, 11) is -5.25. The summed E-state index contributed by atoms with van der Waals surface area (Å²) in [6.45, 7) is -6.49. The molecule has 7 rings (SSSR count). The number of hydrogen-bond donors (Lipinski definition) is 4. The van der Waals surface area contributed by atoms with Gasteiger partial charge in [-0.15, -0.1) is 0 Å². The van der Waals surface area contributed by atoms with E-state index in [-0.39, 0.29) is 28.5 Å². The number of aromatic nitrogens is 6. The fourth-order valence-electron chi connectivity index (χ4n) is 5.71. The van der Waals surface area contributed by atoms with E-state index in [2.05, 4.69) is 15.0 Å². The number of nitrogens with two attached hydrogens (primary N) is 2. The summed E-state index contributed by atoms with van der Waals surface area (Å²) in [5, 5.41) is 0. The molecule has 26 heteroatoms. The average molecular weight is 805 g/mol. The van der Waals surface area contributed by atoms with E-state index in [9.17, 15) is 28.4 Å². The molecule has 284 valence electrons. The van der Waals surface area contributed by atoms with Crippen LogP contribution in [0.3, 0.4) is 0 Å². The predicted octanol–water partition coefficient (Wildman–Crippen LogP) is 1.85. The molecule has 1 amide bonds. The number of alkyl halides is 2. The fraction of sp³-hybridized carbons (Fsp3) is 0.407. The number of benzene rings is 1. The third kappa shape index (κ3) is 7.78. The highest BCUT2D eigenvalue weighted by Gasteiger charge is 2.55. The molecular formula is C27H28F2N8O13P2S. The number of carbonyl (C=O) groups excluding carboxylic acids is 1. The number of nitrogen functional groups attached to an aromatic ring is 1. The van der Waals surface area contributed by atoms with Crippen LogP contribution in [-0.2, 0) is 42.5 Å². The largest absolute Gasteiger partial charge is 0.472 e. The lowest BCUT2D eigenvalue weighted by Gasteiger charge is -2.27. The minimum atomic E-state index is -5.25. The van der Waals surface area contributed by atoms with E-state index in [0.717, 1.165) is 34.1 Å². The van der Waals surface area contributed by atoms with Gasteiger partial charge in [-0.25, -0.2) is 42.5 Å². The molecule has 3 aliphatic rings. The first-order valence-electron chi connectivity index (χ1n) is 15.3. The van der Waals surface area contributed by atoms with Crippen LogP contribution in [-0.4, -0.2) is 90.0 Å². The summed E-state index contributed by atoms with van der Waals surface area (Å²) in [6.07, 6.45) is -12.8. The van der Waals surface area contributed by atoms with Crippen molar-refractivity contribution in [1.29, 1.82) is 0 Å². The van der Waals surface area contributed by atoms with Crippen molar-refractivity contribution in [2.24, 2.45) is 5.73 Å². The molecule has 2 bridgehead atoms. The lowest BCUT2D eigenvalue weighted by molar-refractivity contribution is -0.0635. The first-order chi connectivity index (χ1) is 25.2. The highest BCUT2D eigenvalue weighted by molar-refractivity contribution is 8.54. The van der Waals surface area contributed by atoms with Crippen molar-refractivity contribution in [1.82, 2.24) is 29.1 Å². The fourth-order valence-corrected chi connectivity index (χ4v) is 10.0. The first-order valence-corrected chi connectivity index (χ1v) is 20.0. The van der Waals surface area contributed by atoms with Gasteiger partial charge in [0.15, 0.2) is 36.3 Å². The van der Waals surface area contributed by atoms with Crippen molar-refractivity contribution >= 4 is 49.1 Å². The second-order valence-corrected chi connectivity index (χ2v) is 17.0. The zero-order chi connectivity index (χ0) is 37.7. The molecule has 3 saturated heterocycles. The topological polar surface area (TPSA) is 287 Å². The molecule has 21 nitrogen and oxygen atoms in total. The number of imidazole rings is 1. The van der Waals surface area contributed by atoms with E-state index >= 15 is 8.78 Å². The van der Waals surface area contributed by atoms with E-state index in [4.69, 9.17) is 43.8 Å². The van der Waals surface area contributed by atoms with E-state index < -0.39 is 94.4 Å². The molecular weight excluding hydrogens is 776 g/mol. The van der Waals surface area contributed by atoms with Crippen LogP contribution in [0.2, 0.25) is 0 Å². The summed E-state index contributed by atoms with van der Waals surface area (Å²) in [6, 6.07) is 6.73. The van der Waals surface area contributed by atoms with Crippen LogP contribution in [0.4, 0.5) is 19.4 Å². The smallest absolute Gasteiger partial charge is 0.411 e. The van der Waals surface area contributed by atoms with Crippen molar-refractivity contribution in [2.45, 2.75) is 55.0 Å². The number of anilines is 1. The standard InChI is InChI=1S/C27H28F2N8O13P2S/c28-17-14-7-44-51(41,42)49-20-15(48-24(18(20)29)37-11-34-19-22(30)32-10-33-23(19)37)8-45-52(43,53-9-12-1-3-13(4-2-12)46-26(31)39)50-21(17)25(47-14)36-6-5-16(38)35-27(36)40/h1-6,10-11,14-15,17-18,20-21,24-25H,7-9H2,(H2,31,39)(H,41,42)(H2,30,32,33)(H,35,38,40)/t14-,15-,17-,18-,20-,21-,24-,25-,52?/m1/s1. The van der Waals surface area contributed by atoms with Crippen molar-refractivity contribution in [2.75, 3.05) is 18.9 Å². The Labute approximate surface area is 298 Å². The maximum Gasteiger partial charge on any atom is 0.472 e. The molecule has 53 heavy (non-hydrogen) atoms. The second kappa shape index (κ2) is 14.6. The molecule has 0 radical (unpaired) electrons. The van der Waals surface area contributed by atoms with E-state index in [1.807, 2.05) is 4.98 Å². The van der Waals surface area contributed by atoms with Gasteiger partial charge >= 0.3 is 26.4 Å². The minimum absolute atomic E-state index is 0.0202. The molecule has 0 saturated carbocycles. The van der Waals surface area contributed by atoms with Crippen LogP contribution >= 0.6 is 26.0 Å². The molecule has 6 N–H and O–H groups in total. The number of nitrogens with zero attached hydrogens (tertiary/aromatic N) is 5. The van der Waals surface area contributed by atoms with Gasteiger partial charge in [-0.3, -0.25) is 37.0 Å². The van der Waals surface area contributed by atoms with Gasteiger partial charge in [-0.05, 0) is 29.1 Å². The number of carbonyl (C=O) groups is 1. The maximum atomic E-state index is 16.3. The Morgan fingerprint density at radius 2 is 1.72 bits per heavy atom. The zero-order valence-electron chi connectivity index (χ0n) is 26.7. The summed E-state index contributed by atoms with van der Waals surface area (Å²) >= 11 is 0.548. The van der Waals surface area contributed by atoms with Crippen molar-refractivity contribution in [3.05, 3.63) is 75.6 Å². The molecule has 3 fully saturated rings. The lowest BCUT2D eigenvalue weighted by Crippen LogP contribution is -2.37. The maximum absolute atomic E-state index is 16.3. The van der Waals surface area contributed by atoms with Gasteiger partial charge in [0, 0.05) is 18.0 Å². The Kier molecular flexibility index (Phi) is 10.3. The molecule has 4 aromatic rings. The molecule has 1 aromatic carbocycles. The second-order valence-electron chi connectivity index (χ2n) is 11.6. The lowest BCUT2D eigenvalue weighted by atomic mass is 10.1. The molecule has 2 unspecified atom stereocenters. The van der Waals surface area contributed by atoms with Crippen LogP contribution < -0.4 is 27.5 Å². The number of aromatic amines is 1. The summed E-state index contributed by atoms with van der Waals surface area (Å²) in [5.74, 6) is -0.0467. The number of halogens is 2. The highest BCUT2D eigenvalue weighted by Crippen LogP contribution is 2.65. The average Bonchev–Trinajstić information content (AvgIpc) is 3.76. The van der Waals surface area contributed by atoms with Crippen LogP contribution in [0.25, 0.3) is 11.2 Å². The summed E-state index contributed by atoms with van der Waals surface area (Å²) in [5.41, 5.74) is 9.71. The quantitative estimate of drug-likeness (QED) is 0.202. The molecule has 0 aliphatic carbocycles. The van der Waals surface area contributed by atoms with E-state index in [1.54, 1.807) is 0 Å². The number of phosphoric ester groups is 1. The zero-order valence-corrected chi connectivity index (χ0v) is 29.3. The normalized spacial score (nSPS) is 33.4. The third-order valence-electron chi connectivity index (χ3n) is 8.15. The number of H-pyrrole nitrogens is 1. The highest BCUT2D eigenvalue weighted by atomic mass is 32.7. The number of ether oxygens (including phenoxy) is 3. The van der Waals surface area contributed by atoms with Gasteiger partial charge in [-0.1, -0.05) is 12.1 Å². The molecule has 3 aromatic heterocycles. The number of nitrogens with one attached hydrogen (secondary N) is 1. The Hall–Kier alpha value is -4.09. The van der Waals surface area contributed by atoms with Gasteiger partial charge in [0.25, 0.3) is 5.56 Å². The molecule has 6 heterocycles.